The van der Waals surface area contributed by atoms with Crippen LogP contribution in [0.25, 0.3) is 0 Å². The number of carbonyl (C=O) groups is 1. The molecule has 18 heavy (non-hydrogen) atoms. The van der Waals surface area contributed by atoms with Crippen molar-refractivity contribution in [2.75, 3.05) is 25.7 Å². The third-order valence-corrected chi connectivity index (χ3v) is 4.61. The topological polar surface area (TPSA) is 75.7 Å². The van der Waals surface area contributed by atoms with Gasteiger partial charge in [-0.1, -0.05) is 0 Å². The lowest BCUT2D eigenvalue weighted by molar-refractivity contribution is 0.0876. The Bertz CT molecular complexity index is 583. The van der Waals surface area contributed by atoms with Crippen LogP contribution >= 0.6 is 0 Å². The minimum atomic E-state index is -3.69. The van der Waals surface area contributed by atoms with Gasteiger partial charge >= 0.3 is 0 Å². The molecule has 1 N–H and O–H groups in total. The fourth-order valence-electron chi connectivity index (χ4n) is 1.85. The van der Waals surface area contributed by atoms with Crippen LogP contribution in [0.15, 0.2) is 23.1 Å². The molecule has 0 saturated heterocycles. The second-order valence-electron chi connectivity index (χ2n) is 3.80. The number of nitrogens with zero attached hydrogens (tertiary/aromatic N) is 1. The normalized spacial score (nSPS) is 16.8. The van der Waals surface area contributed by atoms with Gasteiger partial charge in [0.1, 0.15) is 11.6 Å². The van der Waals surface area contributed by atoms with E-state index in [9.17, 15) is 13.2 Å². The SMILES string of the molecule is CCN1C(=O)c2ccc(NCOC)cc2S1(=O)=O. The monoisotopic (exact) mass is 270 g/mol. The van der Waals surface area contributed by atoms with Crippen molar-refractivity contribution in [3.8, 4) is 0 Å². The first-order valence-corrected chi connectivity index (χ1v) is 6.90. The third kappa shape index (κ3) is 1.85. The first-order valence-electron chi connectivity index (χ1n) is 5.46. The van der Waals surface area contributed by atoms with Crippen LogP contribution < -0.4 is 5.32 Å². The summed E-state index contributed by atoms with van der Waals surface area (Å²) in [6, 6.07) is 4.63. The number of fused-ring (bicyclic) bond motifs is 1. The molecule has 2 rings (SSSR count). The van der Waals surface area contributed by atoms with Gasteiger partial charge in [-0.15, -0.1) is 0 Å². The number of hydrogen-bond donors (Lipinski definition) is 1. The van der Waals surface area contributed by atoms with E-state index in [0.29, 0.717) is 5.69 Å². The van der Waals surface area contributed by atoms with Crippen LogP contribution in [0.1, 0.15) is 17.3 Å². The van der Waals surface area contributed by atoms with Crippen LogP contribution in [0, 0.1) is 0 Å². The summed E-state index contributed by atoms with van der Waals surface area (Å²) >= 11 is 0. The number of sulfonamides is 1. The van der Waals surface area contributed by atoms with Crippen LogP contribution in [0.4, 0.5) is 5.69 Å². The molecule has 1 aromatic carbocycles. The van der Waals surface area contributed by atoms with E-state index in [0.717, 1.165) is 4.31 Å². The van der Waals surface area contributed by atoms with E-state index in [4.69, 9.17) is 4.74 Å². The molecule has 0 unspecified atom stereocenters. The van der Waals surface area contributed by atoms with E-state index < -0.39 is 15.9 Å². The summed E-state index contributed by atoms with van der Waals surface area (Å²) in [7, 11) is -2.16. The molecule has 1 aromatic rings. The summed E-state index contributed by atoms with van der Waals surface area (Å²) in [5.41, 5.74) is 0.824. The quantitative estimate of drug-likeness (QED) is 0.821. The van der Waals surface area contributed by atoms with Crippen molar-refractivity contribution in [2.45, 2.75) is 11.8 Å². The van der Waals surface area contributed by atoms with Gasteiger partial charge < -0.3 is 10.1 Å². The van der Waals surface area contributed by atoms with Crippen molar-refractivity contribution in [2.24, 2.45) is 0 Å². The number of hydrogen-bond acceptors (Lipinski definition) is 5. The van der Waals surface area contributed by atoms with E-state index in [1.54, 1.807) is 13.0 Å². The zero-order chi connectivity index (χ0) is 13.3. The lowest BCUT2D eigenvalue weighted by Crippen LogP contribution is -2.29. The van der Waals surface area contributed by atoms with Crippen LogP contribution in [0.2, 0.25) is 0 Å². The van der Waals surface area contributed by atoms with E-state index in [1.165, 1.54) is 19.2 Å². The molecule has 0 aromatic heterocycles. The summed E-state index contributed by atoms with van der Waals surface area (Å²) < 4.78 is 29.9. The number of nitrogens with one attached hydrogen (secondary N) is 1. The van der Waals surface area contributed by atoms with Crippen molar-refractivity contribution >= 4 is 21.6 Å². The Balaban J connectivity index is 2.46. The molecule has 1 aliphatic heterocycles. The molecule has 0 saturated carbocycles. The van der Waals surface area contributed by atoms with Gasteiger partial charge in [0.2, 0.25) is 0 Å². The summed E-state index contributed by atoms with van der Waals surface area (Å²) in [6.07, 6.45) is 0. The van der Waals surface area contributed by atoms with Crippen molar-refractivity contribution in [3.05, 3.63) is 23.8 Å². The molecular weight excluding hydrogens is 256 g/mol. The molecule has 0 bridgehead atoms. The van der Waals surface area contributed by atoms with Gasteiger partial charge in [-0.3, -0.25) is 4.79 Å². The highest BCUT2D eigenvalue weighted by atomic mass is 32.2. The number of amides is 1. The van der Waals surface area contributed by atoms with Gasteiger partial charge in [-0.25, -0.2) is 12.7 Å². The number of rotatable bonds is 4. The van der Waals surface area contributed by atoms with Gasteiger partial charge in [0.05, 0.1) is 5.56 Å². The van der Waals surface area contributed by atoms with E-state index in [-0.39, 0.29) is 23.7 Å². The Hall–Kier alpha value is -1.60. The highest BCUT2D eigenvalue weighted by molar-refractivity contribution is 7.90. The Kier molecular flexibility index (Phi) is 3.27. The maximum atomic E-state index is 12.1. The molecular formula is C11H14N2O4S. The molecule has 98 valence electrons. The summed E-state index contributed by atoms with van der Waals surface area (Å²) in [5.74, 6) is -0.467. The molecule has 0 spiro atoms. The maximum absolute atomic E-state index is 12.1. The highest BCUT2D eigenvalue weighted by Crippen LogP contribution is 2.31. The summed E-state index contributed by atoms with van der Waals surface area (Å²) in [5, 5.41) is 2.89. The number of carbonyl (C=O) groups excluding carboxylic acids is 1. The Morgan fingerprint density at radius 2 is 2.11 bits per heavy atom. The van der Waals surface area contributed by atoms with Gasteiger partial charge in [0.15, 0.2) is 0 Å². The second-order valence-corrected chi connectivity index (χ2v) is 5.63. The molecule has 7 heteroatoms. The van der Waals surface area contributed by atoms with E-state index >= 15 is 0 Å². The molecule has 1 amide bonds. The average Bonchev–Trinajstić information content (AvgIpc) is 2.54. The first kappa shape index (κ1) is 12.8. The number of ether oxygens (including phenoxy) is 1. The predicted octanol–water partition coefficient (Wildman–Crippen LogP) is 0.867. The van der Waals surface area contributed by atoms with Gasteiger partial charge in [-0.05, 0) is 25.1 Å². The minimum absolute atomic E-state index is 0.0513. The van der Waals surface area contributed by atoms with Crippen molar-refractivity contribution in [1.82, 2.24) is 4.31 Å². The standard InChI is InChI=1S/C11H14N2O4S/c1-3-13-11(14)9-5-4-8(12-7-17-2)6-10(9)18(13,15)16/h4-6,12H,3,7H2,1-2H3. The van der Waals surface area contributed by atoms with Crippen LogP contribution in [-0.4, -0.2) is 39.0 Å². The number of anilines is 1. The smallest absolute Gasteiger partial charge is 0.268 e. The van der Waals surface area contributed by atoms with Gasteiger partial charge in [0, 0.05) is 19.3 Å². The third-order valence-electron chi connectivity index (χ3n) is 2.71. The lowest BCUT2D eigenvalue weighted by atomic mass is 10.2. The van der Waals surface area contributed by atoms with Crippen LogP contribution in [-0.2, 0) is 14.8 Å². The molecule has 1 heterocycles. The van der Waals surface area contributed by atoms with E-state index in [2.05, 4.69) is 5.32 Å². The largest absolute Gasteiger partial charge is 0.365 e. The lowest BCUT2D eigenvalue weighted by Gasteiger charge is -2.11. The van der Waals surface area contributed by atoms with Crippen LogP contribution in [0.5, 0.6) is 0 Å². The number of benzene rings is 1. The molecule has 6 nitrogen and oxygen atoms in total. The summed E-state index contributed by atoms with van der Waals surface area (Å²) in [4.78, 5) is 11.9. The Labute approximate surface area is 106 Å². The number of methoxy groups -OCH3 is 1. The minimum Gasteiger partial charge on any atom is -0.365 e. The zero-order valence-electron chi connectivity index (χ0n) is 10.1. The highest BCUT2D eigenvalue weighted by Gasteiger charge is 2.40. The molecule has 0 radical (unpaired) electrons. The van der Waals surface area contributed by atoms with E-state index in [1.807, 2.05) is 0 Å². The maximum Gasteiger partial charge on any atom is 0.268 e. The second kappa shape index (κ2) is 4.58. The zero-order valence-corrected chi connectivity index (χ0v) is 11.0. The molecule has 0 fully saturated rings. The predicted molar refractivity (Wildman–Crippen MR) is 65.8 cm³/mol. The van der Waals surface area contributed by atoms with Crippen molar-refractivity contribution < 1.29 is 17.9 Å². The average molecular weight is 270 g/mol. The molecule has 1 aliphatic rings. The van der Waals surface area contributed by atoms with Gasteiger partial charge in [0.25, 0.3) is 15.9 Å². The molecule has 0 aliphatic carbocycles. The van der Waals surface area contributed by atoms with Crippen molar-refractivity contribution in [3.63, 3.8) is 0 Å². The molecule has 0 atom stereocenters. The summed E-state index contributed by atoms with van der Waals surface area (Å²) in [6.45, 7) is 2.03. The first-order chi connectivity index (χ1) is 8.52. The Morgan fingerprint density at radius 1 is 1.39 bits per heavy atom. The van der Waals surface area contributed by atoms with Crippen molar-refractivity contribution in [1.29, 1.82) is 0 Å². The fraction of sp³-hybridized carbons (Fsp3) is 0.364. The fourth-order valence-corrected chi connectivity index (χ4v) is 3.46. The van der Waals surface area contributed by atoms with Crippen LogP contribution in [0.3, 0.4) is 0 Å². The Morgan fingerprint density at radius 3 is 2.72 bits per heavy atom. The van der Waals surface area contributed by atoms with Gasteiger partial charge in [-0.2, -0.15) is 0 Å².